The van der Waals surface area contributed by atoms with Crippen LogP contribution in [0.1, 0.15) is 30.1 Å². The van der Waals surface area contributed by atoms with Gasteiger partial charge in [-0.2, -0.15) is 0 Å². The topological polar surface area (TPSA) is 89.0 Å². The van der Waals surface area contributed by atoms with Gasteiger partial charge in [-0.25, -0.2) is 4.98 Å². The smallest absolute Gasteiger partial charge is 0.305 e. The quantitative estimate of drug-likeness (QED) is 0.814. The summed E-state index contributed by atoms with van der Waals surface area (Å²) in [7, 11) is 0. The fraction of sp³-hybridized carbons (Fsp3) is 0.533. The number of aliphatic carboxylic acids is 1. The highest BCUT2D eigenvalue weighted by molar-refractivity contribution is 5.94. The first-order valence-corrected chi connectivity index (χ1v) is 7.31. The molecule has 0 radical (unpaired) electrons. The fourth-order valence-corrected chi connectivity index (χ4v) is 2.20. The van der Waals surface area contributed by atoms with Crippen molar-refractivity contribution in [2.45, 2.75) is 25.9 Å². The summed E-state index contributed by atoms with van der Waals surface area (Å²) in [6.07, 6.45) is 2.21. The summed E-state index contributed by atoms with van der Waals surface area (Å²) < 4.78 is 10.9. The summed E-state index contributed by atoms with van der Waals surface area (Å²) >= 11 is 0. The molecule has 1 aliphatic rings. The summed E-state index contributed by atoms with van der Waals surface area (Å²) in [6.45, 7) is 3.64. The second-order valence-corrected chi connectivity index (χ2v) is 5.01. The maximum Gasteiger partial charge on any atom is 0.305 e. The first kappa shape index (κ1) is 16.2. The van der Waals surface area contributed by atoms with Crippen molar-refractivity contribution in [3.05, 3.63) is 23.9 Å². The Hall–Kier alpha value is -2.15. The molecule has 1 unspecified atom stereocenters. The highest BCUT2D eigenvalue weighted by atomic mass is 16.5. The van der Waals surface area contributed by atoms with Crippen molar-refractivity contribution in [1.29, 1.82) is 0 Å². The van der Waals surface area contributed by atoms with E-state index in [0.29, 0.717) is 31.2 Å². The number of ether oxygens (including phenoxy) is 2. The van der Waals surface area contributed by atoms with Gasteiger partial charge in [-0.1, -0.05) is 0 Å². The lowest BCUT2D eigenvalue weighted by Crippen LogP contribution is -2.32. The van der Waals surface area contributed by atoms with Crippen LogP contribution in [0.2, 0.25) is 0 Å². The second-order valence-electron chi connectivity index (χ2n) is 5.01. The third-order valence-corrected chi connectivity index (χ3v) is 3.42. The first-order valence-electron chi connectivity index (χ1n) is 7.31. The van der Waals surface area contributed by atoms with Gasteiger partial charge in [-0.15, -0.1) is 0 Å². The van der Waals surface area contributed by atoms with Crippen molar-refractivity contribution >= 4 is 11.9 Å². The number of carbonyl (C=O) groups is 2. The van der Waals surface area contributed by atoms with Crippen LogP contribution in [0.4, 0.5) is 0 Å². The summed E-state index contributed by atoms with van der Waals surface area (Å²) in [5.74, 6) is -0.763. The molecule has 0 saturated carbocycles. The van der Waals surface area contributed by atoms with Crippen LogP contribution in [0.5, 0.6) is 5.88 Å². The van der Waals surface area contributed by atoms with E-state index >= 15 is 0 Å². The summed E-state index contributed by atoms with van der Waals surface area (Å²) in [6, 6.07) is 3.19. The van der Waals surface area contributed by atoms with Crippen LogP contribution < -0.4 is 4.74 Å². The Morgan fingerprint density at radius 1 is 1.55 bits per heavy atom. The van der Waals surface area contributed by atoms with Gasteiger partial charge in [-0.3, -0.25) is 9.59 Å². The number of hydrogen-bond donors (Lipinski definition) is 1. The van der Waals surface area contributed by atoms with Crippen molar-refractivity contribution in [2.75, 3.05) is 26.3 Å². The maximum absolute atomic E-state index is 12.4. The number of carbonyl (C=O) groups excluding carboxylic acids is 1. The largest absolute Gasteiger partial charge is 0.481 e. The monoisotopic (exact) mass is 308 g/mol. The van der Waals surface area contributed by atoms with Crippen molar-refractivity contribution in [1.82, 2.24) is 9.88 Å². The molecular formula is C15H20N2O5. The van der Waals surface area contributed by atoms with Crippen molar-refractivity contribution in [2.24, 2.45) is 0 Å². The maximum atomic E-state index is 12.4. The number of aromatic nitrogens is 1. The highest BCUT2D eigenvalue weighted by Crippen LogP contribution is 2.16. The molecule has 1 aromatic rings. The number of carboxylic acid groups (broad SMARTS) is 1. The van der Waals surface area contributed by atoms with E-state index in [1.807, 2.05) is 6.92 Å². The Labute approximate surface area is 128 Å². The van der Waals surface area contributed by atoms with E-state index in [2.05, 4.69) is 4.98 Å². The molecule has 2 rings (SSSR count). The van der Waals surface area contributed by atoms with Crippen LogP contribution in [0.25, 0.3) is 0 Å². The zero-order valence-corrected chi connectivity index (χ0v) is 12.5. The van der Waals surface area contributed by atoms with E-state index in [1.165, 1.54) is 11.1 Å². The molecule has 1 amide bonds. The molecule has 0 aliphatic carbocycles. The molecule has 0 bridgehead atoms. The zero-order chi connectivity index (χ0) is 15.9. The average molecular weight is 308 g/mol. The van der Waals surface area contributed by atoms with Crippen LogP contribution in [0, 0.1) is 0 Å². The fourth-order valence-electron chi connectivity index (χ4n) is 2.20. The van der Waals surface area contributed by atoms with Gasteiger partial charge in [0.15, 0.2) is 0 Å². The molecule has 1 N–H and O–H groups in total. The number of nitrogens with zero attached hydrogens (tertiary/aromatic N) is 2. The SMILES string of the molecule is CCN(CCC(=O)O)C(=O)c1ccnc(OC2CCOC2)c1. The van der Waals surface area contributed by atoms with E-state index in [1.54, 1.807) is 12.1 Å². The Morgan fingerprint density at radius 2 is 2.36 bits per heavy atom. The molecule has 1 aromatic heterocycles. The van der Waals surface area contributed by atoms with E-state index in [9.17, 15) is 9.59 Å². The van der Waals surface area contributed by atoms with E-state index in [0.717, 1.165) is 6.42 Å². The van der Waals surface area contributed by atoms with Crippen LogP contribution in [-0.4, -0.2) is 59.3 Å². The molecule has 7 nitrogen and oxygen atoms in total. The predicted octanol–water partition coefficient (Wildman–Crippen LogP) is 1.19. The Morgan fingerprint density at radius 3 is 3.00 bits per heavy atom. The van der Waals surface area contributed by atoms with Gasteiger partial charge in [0.1, 0.15) is 6.10 Å². The lowest BCUT2D eigenvalue weighted by atomic mass is 10.2. The Bertz CT molecular complexity index is 528. The number of pyridine rings is 1. The number of hydrogen-bond acceptors (Lipinski definition) is 5. The van der Waals surface area contributed by atoms with E-state index in [4.69, 9.17) is 14.6 Å². The average Bonchev–Trinajstić information content (AvgIpc) is 3.00. The third-order valence-electron chi connectivity index (χ3n) is 3.42. The van der Waals surface area contributed by atoms with E-state index in [-0.39, 0.29) is 25.0 Å². The van der Waals surface area contributed by atoms with Crippen LogP contribution in [0.3, 0.4) is 0 Å². The van der Waals surface area contributed by atoms with Gasteiger partial charge in [0, 0.05) is 37.3 Å². The van der Waals surface area contributed by atoms with Crippen molar-refractivity contribution < 1.29 is 24.2 Å². The molecule has 0 aromatic carbocycles. The Balaban J connectivity index is 2.02. The molecule has 1 fully saturated rings. The van der Waals surface area contributed by atoms with Gasteiger partial charge in [0.2, 0.25) is 5.88 Å². The molecular weight excluding hydrogens is 288 g/mol. The summed E-state index contributed by atoms with van der Waals surface area (Å²) in [5, 5.41) is 8.73. The minimum absolute atomic E-state index is 0.0351. The van der Waals surface area contributed by atoms with Crippen LogP contribution in [-0.2, 0) is 9.53 Å². The van der Waals surface area contributed by atoms with E-state index < -0.39 is 5.97 Å². The second kappa shape index (κ2) is 7.74. The standard InChI is InChI=1S/C15H20N2O5/c1-2-17(7-4-14(18)19)15(20)11-3-6-16-13(9-11)22-12-5-8-21-10-12/h3,6,9,12H,2,4-5,7-8,10H2,1H3,(H,18,19). The molecule has 0 spiro atoms. The van der Waals surface area contributed by atoms with Gasteiger partial charge in [0.05, 0.1) is 19.6 Å². The number of carboxylic acids is 1. The van der Waals surface area contributed by atoms with Gasteiger partial charge in [0.25, 0.3) is 5.91 Å². The van der Waals surface area contributed by atoms with Gasteiger partial charge < -0.3 is 19.5 Å². The lowest BCUT2D eigenvalue weighted by molar-refractivity contribution is -0.137. The lowest BCUT2D eigenvalue weighted by Gasteiger charge is -2.20. The Kier molecular flexibility index (Phi) is 5.71. The van der Waals surface area contributed by atoms with Gasteiger partial charge >= 0.3 is 5.97 Å². The molecule has 1 atom stereocenters. The first-order chi connectivity index (χ1) is 10.6. The number of rotatable bonds is 7. The summed E-state index contributed by atoms with van der Waals surface area (Å²) in [4.78, 5) is 28.6. The summed E-state index contributed by atoms with van der Waals surface area (Å²) in [5.41, 5.74) is 0.441. The molecule has 120 valence electrons. The van der Waals surface area contributed by atoms with Crippen LogP contribution in [0.15, 0.2) is 18.3 Å². The third kappa shape index (κ3) is 4.42. The molecule has 7 heteroatoms. The molecule has 1 saturated heterocycles. The molecule has 22 heavy (non-hydrogen) atoms. The minimum Gasteiger partial charge on any atom is -0.481 e. The van der Waals surface area contributed by atoms with Crippen molar-refractivity contribution in [3.8, 4) is 5.88 Å². The predicted molar refractivity (Wildman–Crippen MR) is 77.9 cm³/mol. The van der Waals surface area contributed by atoms with Crippen LogP contribution >= 0.6 is 0 Å². The normalized spacial score (nSPS) is 17.2. The van der Waals surface area contributed by atoms with Crippen molar-refractivity contribution in [3.63, 3.8) is 0 Å². The number of amides is 1. The molecule has 2 heterocycles. The minimum atomic E-state index is -0.925. The van der Waals surface area contributed by atoms with Gasteiger partial charge in [-0.05, 0) is 13.0 Å². The molecule has 1 aliphatic heterocycles. The zero-order valence-electron chi connectivity index (χ0n) is 12.5. The highest BCUT2D eigenvalue weighted by Gasteiger charge is 2.20.